The number of halogens is 3. The van der Waals surface area contributed by atoms with Crippen molar-refractivity contribution in [2.75, 3.05) is 50.4 Å². The van der Waals surface area contributed by atoms with Crippen molar-refractivity contribution in [3.8, 4) is 11.3 Å². The molecule has 176 valence electrons. The van der Waals surface area contributed by atoms with E-state index in [1.807, 2.05) is 0 Å². The number of likely N-dealkylation sites (tertiary alicyclic amines) is 1. The van der Waals surface area contributed by atoms with Crippen LogP contribution in [0.1, 0.15) is 37.1 Å². The molecule has 0 amide bonds. The second-order valence-corrected chi connectivity index (χ2v) is 7.99. The highest BCUT2D eigenvalue weighted by Gasteiger charge is 2.40. The quantitative estimate of drug-likeness (QED) is 0.685. The molecule has 3 N–H and O–H groups in total. The third-order valence-corrected chi connectivity index (χ3v) is 5.76. The predicted octanol–water partition coefficient (Wildman–Crippen LogP) is 2.69. The van der Waals surface area contributed by atoms with E-state index in [-0.39, 0.29) is 36.3 Å². The predicted molar refractivity (Wildman–Crippen MR) is 112 cm³/mol. The lowest BCUT2D eigenvalue weighted by molar-refractivity contribution is -0.136. The van der Waals surface area contributed by atoms with Crippen molar-refractivity contribution in [3.05, 3.63) is 17.5 Å². The van der Waals surface area contributed by atoms with E-state index in [1.165, 1.54) is 0 Å². The number of aromatic nitrogens is 4. The maximum atomic E-state index is 13.9. The topological polar surface area (TPSA) is 103 Å². The number of hydrogen-bond acceptors (Lipinski definition) is 8. The summed E-state index contributed by atoms with van der Waals surface area (Å²) in [7, 11) is 0. The Morgan fingerprint density at radius 3 is 2.50 bits per heavy atom. The third kappa shape index (κ3) is 4.81. The summed E-state index contributed by atoms with van der Waals surface area (Å²) in [4.78, 5) is 10.0. The first-order valence-electron chi connectivity index (χ1n) is 10.8. The van der Waals surface area contributed by atoms with Gasteiger partial charge in [-0.15, -0.1) is 0 Å². The molecule has 9 nitrogen and oxygen atoms in total. The fourth-order valence-electron chi connectivity index (χ4n) is 4.23. The molecule has 0 spiro atoms. The number of nitrogen functional groups attached to an aromatic ring is 1. The molecule has 2 aromatic rings. The lowest BCUT2D eigenvalue weighted by atomic mass is 10.0. The highest BCUT2D eigenvalue weighted by atomic mass is 19.4. The van der Waals surface area contributed by atoms with Crippen LogP contribution < -0.4 is 11.1 Å². The maximum Gasteiger partial charge on any atom is 0.422 e. The molecule has 4 heterocycles. The molecular formula is C20H28F3N7O2. The van der Waals surface area contributed by atoms with E-state index in [0.29, 0.717) is 24.5 Å². The van der Waals surface area contributed by atoms with Crippen LogP contribution >= 0.6 is 0 Å². The van der Waals surface area contributed by atoms with Gasteiger partial charge >= 0.3 is 6.18 Å². The molecule has 0 bridgehead atoms. The molecule has 0 atom stereocenters. The first-order chi connectivity index (χ1) is 15.3. The van der Waals surface area contributed by atoms with Crippen molar-refractivity contribution in [1.82, 2.24) is 24.6 Å². The Bertz CT molecular complexity index is 936. The van der Waals surface area contributed by atoms with E-state index >= 15 is 0 Å². The van der Waals surface area contributed by atoms with Crippen molar-refractivity contribution < 1.29 is 22.6 Å². The van der Waals surface area contributed by atoms with Crippen LogP contribution in [0.15, 0.2) is 6.20 Å². The Balaban J connectivity index is 1.57. The van der Waals surface area contributed by atoms with Gasteiger partial charge < -0.3 is 20.5 Å². The minimum atomic E-state index is -4.65. The van der Waals surface area contributed by atoms with Crippen LogP contribution in [0.25, 0.3) is 11.3 Å². The number of nitrogens with two attached hydrogens (primary N) is 1. The second-order valence-electron chi connectivity index (χ2n) is 7.99. The molecule has 0 unspecified atom stereocenters. The smallest absolute Gasteiger partial charge is 0.370 e. The van der Waals surface area contributed by atoms with Gasteiger partial charge in [0.1, 0.15) is 11.4 Å². The van der Waals surface area contributed by atoms with Gasteiger partial charge in [0.15, 0.2) is 6.29 Å². The van der Waals surface area contributed by atoms with Crippen molar-refractivity contribution in [1.29, 1.82) is 0 Å². The highest BCUT2D eigenvalue weighted by molar-refractivity contribution is 5.72. The van der Waals surface area contributed by atoms with E-state index in [1.54, 1.807) is 24.7 Å². The molecule has 2 saturated heterocycles. The zero-order valence-electron chi connectivity index (χ0n) is 18.2. The van der Waals surface area contributed by atoms with E-state index in [4.69, 9.17) is 15.2 Å². The van der Waals surface area contributed by atoms with Crippen molar-refractivity contribution >= 4 is 11.8 Å². The van der Waals surface area contributed by atoms with Crippen LogP contribution in [-0.2, 0) is 15.7 Å². The van der Waals surface area contributed by atoms with Gasteiger partial charge in [0, 0.05) is 37.9 Å². The van der Waals surface area contributed by atoms with Crippen LogP contribution in [0.5, 0.6) is 0 Å². The minimum Gasteiger partial charge on any atom is -0.370 e. The molecule has 2 aromatic heterocycles. The zero-order valence-corrected chi connectivity index (χ0v) is 18.2. The number of piperidine rings is 1. The Kier molecular flexibility index (Phi) is 6.54. The standard InChI is InChI=1S/C20H28F3N7O2/c1-3-25-18-16(20(21,22)23)17(26-19(24)27-18)14-10-30(28-12(14)2)13-4-6-29(7-5-13)11-15-31-8-9-32-15/h10,13,15H,3-9,11H2,1-2H3,(H3,24,25,26,27). The lowest BCUT2D eigenvalue weighted by Gasteiger charge is -2.32. The Morgan fingerprint density at radius 2 is 1.88 bits per heavy atom. The number of nitrogens with zero attached hydrogens (tertiary/aromatic N) is 5. The molecule has 4 rings (SSSR count). The lowest BCUT2D eigenvalue weighted by Crippen LogP contribution is -2.39. The fourth-order valence-corrected chi connectivity index (χ4v) is 4.23. The fraction of sp³-hybridized carbons (Fsp3) is 0.650. The molecule has 2 aliphatic heterocycles. The molecule has 0 aliphatic carbocycles. The van der Waals surface area contributed by atoms with Gasteiger partial charge in [0.2, 0.25) is 5.95 Å². The monoisotopic (exact) mass is 455 g/mol. The van der Waals surface area contributed by atoms with Crippen LogP contribution in [0.2, 0.25) is 0 Å². The molecule has 0 aromatic carbocycles. The van der Waals surface area contributed by atoms with Gasteiger partial charge in [-0.2, -0.15) is 23.3 Å². The van der Waals surface area contributed by atoms with Gasteiger partial charge in [-0.05, 0) is 26.7 Å². The number of aryl methyl sites for hydroxylation is 1. The minimum absolute atomic E-state index is 0.0888. The zero-order chi connectivity index (χ0) is 22.9. The summed E-state index contributed by atoms with van der Waals surface area (Å²) >= 11 is 0. The van der Waals surface area contributed by atoms with Gasteiger partial charge in [-0.25, -0.2) is 4.98 Å². The highest BCUT2D eigenvalue weighted by Crippen LogP contribution is 2.41. The molecular weight excluding hydrogens is 427 g/mol. The van der Waals surface area contributed by atoms with Gasteiger partial charge in [-0.3, -0.25) is 9.58 Å². The first kappa shape index (κ1) is 22.7. The average Bonchev–Trinajstić information content (AvgIpc) is 3.37. The SMILES string of the molecule is CCNc1nc(N)nc(-c2cn(C3CCN(CC4OCCO4)CC3)nc2C)c1C(F)(F)F. The van der Waals surface area contributed by atoms with Crippen LogP contribution in [0, 0.1) is 6.92 Å². The summed E-state index contributed by atoms with van der Waals surface area (Å²) in [6, 6.07) is 0.0888. The summed E-state index contributed by atoms with van der Waals surface area (Å²) < 4.78 is 54.6. The molecule has 32 heavy (non-hydrogen) atoms. The summed E-state index contributed by atoms with van der Waals surface area (Å²) in [5.74, 6) is -0.542. The number of ether oxygens (including phenoxy) is 2. The van der Waals surface area contributed by atoms with E-state index in [9.17, 15) is 13.2 Å². The number of hydrogen-bond donors (Lipinski definition) is 2. The summed E-state index contributed by atoms with van der Waals surface area (Å²) in [5, 5.41) is 7.18. The summed E-state index contributed by atoms with van der Waals surface area (Å²) in [6.45, 7) is 7.28. The average molecular weight is 455 g/mol. The first-order valence-corrected chi connectivity index (χ1v) is 10.8. The third-order valence-electron chi connectivity index (χ3n) is 5.76. The normalized spacial score (nSPS) is 19.0. The van der Waals surface area contributed by atoms with Gasteiger partial charge in [-0.1, -0.05) is 0 Å². The number of anilines is 2. The number of rotatable bonds is 6. The Labute approximate surface area is 184 Å². The summed E-state index contributed by atoms with van der Waals surface area (Å²) in [6.07, 6.45) is -1.53. The van der Waals surface area contributed by atoms with E-state index in [0.717, 1.165) is 32.5 Å². The number of nitrogens with one attached hydrogen (secondary N) is 1. The second kappa shape index (κ2) is 9.20. The summed E-state index contributed by atoms with van der Waals surface area (Å²) in [5.41, 5.74) is 5.33. The van der Waals surface area contributed by atoms with Crippen molar-refractivity contribution in [2.24, 2.45) is 0 Å². The Hall–Kier alpha value is -2.44. The van der Waals surface area contributed by atoms with Crippen molar-refractivity contribution in [2.45, 2.75) is 45.2 Å². The van der Waals surface area contributed by atoms with E-state index in [2.05, 4.69) is 25.3 Å². The van der Waals surface area contributed by atoms with Crippen LogP contribution in [0.3, 0.4) is 0 Å². The van der Waals surface area contributed by atoms with Gasteiger partial charge in [0.05, 0.1) is 30.6 Å². The van der Waals surface area contributed by atoms with Crippen molar-refractivity contribution in [3.63, 3.8) is 0 Å². The molecule has 12 heteroatoms. The van der Waals surface area contributed by atoms with Gasteiger partial charge in [0.25, 0.3) is 0 Å². The van der Waals surface area contributed by atoms with Crippen LogP contribution in [-0.4, -0.2) is 70.3 Å². The number of alkyl halides is 3. The maximum absolute atomic E-state index is 13.9. The van der Waals surface area contributed by atoms with Crippen LogP contribution in [0.4, 0.5) is 24.9 Å². The van der Waals surface area contributed by atoms with E-state index < -0.39 is 11.7 Å². The molecule has 2 aliphatic rings. The largest absolute Gasteiger partial charge is 0.422 e. The Morgan fingerprint density at radius 1 is 1.19 bits per heavy atom. The molecule has 2 fully saturated rings. The molecule has 0 radical (unpaired) electrons. The molecule has 0 saturated carbocycles.